The maximum absolute atomic E-state index is 14.3. The van der Waals surface area contributed by atoms with Gasteiger partial charge in [-0.2, -0.15) is 0 Å². The summed E-state index contributed by atoms with van der Waals surface area (Å²) in [5.41, 5.74) is 0.376. The largest absolute Gasteiger partial charge is 0.623 e. The summed E-state index contributed by atoms with van der Waals surface area (Å²) < 4.78 is -1.35. The third-order valence-corrected chi connectivity index (χ3v) is 5.21. The number of carboxylic acids is 1. The van der Waals surface area contributed by atoms with Gasteiger partial charge < -0.3 is 15.6 Å². The van der Waals surface area contributed by atoms with Crippen LogP contribution in [0.15, 0.2) is 30.3 Å². The molecule has 2 unspecified atom stereocenters. The molecule has 0 spiro atoms. The molecule has 0 bridgehead atoms. The van der Waals surface area contributed by atoms with Gasteiger partial charge in [-0.3, -0.25) is 9.55 Å². The second-order valence-corrected chi connectivity index (χ2v) is 7.11. The molecular formula is C20H31N3O4. The molecule has 7 nitrogen and oxygen atoms in total. The Morgan fingerprint density at radius 3 is 2.19 bits per heavy atom. The molecule has 1 aromatic rings. The number of quaternary nitrogens is 1. The van der Waals surface area contributed by atoms with Crippen LogP contribution in [0.25, 0.3) is 0 Å². The number of hydroxylamine groups is 3. The molecule has 1 aromatic carbocycles. The first kappa shape index (κ1) is 21.3. The van der Waals surface area contributed by atoms with Gasteiger partial charge in [-0.15, -0.1) is 0 Å². The number of hydrogen-bond acceptors (Lipinski definition) is 4. The fourth-order valence-electron chi connectivity index (χ4n) is 3.91. The van der Waals surface area contributed by atoms with Crippen molar-refractivity contribution in [1.82, 2.24) is 10.2 Å². The van der Waals surface area contributed by atoms with E-state index in [-0.39, 0.29) is 0 Å². The van der Waals surface area contributed by atoms with Crippen LogP contribution < -0.4 is 5.32 Å². The number of carbonyl (C=O) groups is 2. The molecule has 2 amide bonds. The van der Waals surface area contributed by atoms with Gasteiger partial charge in [0.1, 0.15) is 0 Å². The Morgan fingerprint density at radius 2 is 1.70 bits per heavy atom. The van der Waals surface area contributed by atoms with Gasteiger partial charge in [0.05, 0.1) is 6.04 Å². The second-order valence-electron chi connectivity index (χ2n) is 7.11. The predicted octanol–water partition coefficient (Wildman–Crippen LogP) is 3.12. The lowest BCUT2D eigenvalue weighted by atomic mass is 9.97. The van der Waals surface area contributed by atoms with Gasteiger partial charge in [0.15, 0.2) is 0 Å². The molecule has 7 heteroatoms. The van der Waals surface area contributed by atoms with Gasteiger partial charge in [0.2, 0.25) is 6.04 Å². The Labute approximate surface area is 161 Å². The summed E-state index contributed by atoms with van der Waals surface area (Å²) in [6.07, 6.45) is 2.49. The van der Waals surface area contributed by atoms with E-state index in [0.29, 0.717) is 44.6 Å². The Balaban J connectivity index is 2.54. The lowest BCUT2D eigenvalue weighted by Gasteiger charge is -2.51. The normalized spacial score (nSPS) is 18.1. The number of benzene rings is 1. The minimum absolute atomic E-state index is 0.376. The van der Waals surface area contributed by atoms with E-state index in [4.69, 9.17) is 0 Å². The minimum atomic E-state index is -1.46. The molecule has 150 valence electrons. The van der Waals surface area contributed by atoms with Gasteiger partial charge in [-0.05, 0) is 0 Å². The van der Waals surface area contributed by atoms with E-state index in [1.54, 1.807) is 30.3 Å². The van der Waals surface area contributed by atoms with Gasteiger partial charge in [0.25, 0.3) is 0 Å². The third kappa shape index (κ3) is 4.66. The zero-order chi connectivity index (χ0) is 19.9. The number of amides is 2. The molecule has 1 aliphatic heterocycles. The number of hydrogen-bond donors (Lipinski definition) is 2. The molecule has 1 heterocycles. The van der Waals surface area contributed by atoms with E-state index >= 15 is 0 Å². The highest BCUT2D eigenvalue weighted by Gasteiger charge is 2.49. The first-order valence-corrected chi connectivity index (χ1v) is 9.84. The van der Waals surface area contributed by atoms with Crippen molar-refractivity contribution in [3.05, 3.63) is 41.1 Å². The lowest BCUT2D eigenvalue weighted by molar-refractivity contribution is -0.854. The molecule has 0 aliphatic carbocycles. The van der Waals surface area contributed by atoms with Crippen LogP contribution in [0.5, 0.6) is 0 Å². The monoisotopic (exact) mass is 377 g/mol. The highest BCUT2D eigenvalue weighted by atomic mass is 16.6. The van der Waals surface area contributed by atoms with Crippen molar-refractivity contribution in [1.29, 1.82) is 0 Å². The van der Waals surface area contributed by atoms with E-state index in [1.807, 2.05) is 13.8 Å². The summed E-state index contributed by atoms with van der Waals surface area (Å²) >= 11 is 0. The zero-order valence-electron chi connectivity index (χ0n) is 16.3. The Hall–Kier alpha value is -1.96. The molecule has 2 rings (SSSR count). The number of nitrogens with zero attached hydrogens (tertiary/aromatic N) is 2. The summed E-state index contributed by atoms with van der Waals surface area (Å²) in [5, 5.41) is 27.4. The molecule has 2 atom stereocenters. The fourth-order valence-corrected chi connectivity index (χ4v) is 3.91. The van der Waals surface area contributed by atoms with E-state index in [2.05, 4.69) is 5.32 Å². The minimum Gasteiger partial charge on any atom is -0.623 e. The molecule has 1 saturated heterocycles. The molecule has 0 radical (unpaired) electrons. The van der Waals surface area contributed by atoms with Crippen molar-refractivity contribution < 1.29 is 19.3 Å². The lowest BCUT2D eigenvalue weighted by Crippen LogP contribution is -2.64. The number of nitrogens with one attached hydrogen (secondary N) is 1. The smallest absolute Gasteiger partial charge is 0.420 e. The number of piperazine rings is 1. The number of aliphatic carboxylic acids is 1. The number of carbonyl (C=O) groups excluding carboxylic acids is 1. The van der Waals surface area contributed by atoms with E-state index in [1.165, 1.54) is 4.90 Å². The first-order chi connectivity index (χ1) is 13.0. The molecule has 2 N–H and O–H groups in total. The summed E-state index contributed by atoms with van der Waals surface area (Å²) in [6.45, 7) is 5.99. The zero-order valence-corrected chi connectivity index (χ0v) is 16.3. The molecule has 27 heavy (non-hydrogen) atoms. The standard InChI is InChI=1S/C20H31N3O4/c1-3-8-17(9-4-2)23(27,20(26)22-14-12-21-13-15-22)18(19(24)25)16-10-6-5-7-11-16/h5-7,10-11,17-18,21H,3-4,8-9,12-15H2,1-2H3,(H,24,25). The molecule has 0 aromatic heterocycles. The molecular weight excluding hydrogens is 346 g/mol. The topological polar surface area (TPSA) is 92.7 Å². The first-order valence-electron chi connectivity index (χ1n) is 9.84. The summed E-state index contributed by atoms with van der Waals surface area (Å²) in [5.74, 6) is -1.25. The third-order valence-electron chi connectivity index (χ3n) is 5.21. The molecule has 1 aliphatic rings. The number of rotatable bonds is 8. The van der Waals surface area contributed by atoms with Crippen molar-refractivity contribution in [3.63, 3.8) is 0 Å². The molecule has 0 saturated carbocycles. The summed E-state index contributed by atoms with van der Waals surface area (Å²) in [4.78, 5) is 27.2. The maximum Gasteiger partial charge on any atom is 0.420 e. The van der Waals surface area contributed by atoms with Crippen LogP contribution in [0, 0.1) is 5.21 Å². The van der Waals surface area contributed by atoms with E-state index < -0.39 is 28.7 Å². The van der Waals surface area contributed by atoms with Gasteiger partial charge in [-0.1, -0.05) is 57.0 Å². The van der Waals surface area contributed by atoms with Crippen LogP contribution in [-0.2, 0) is 4.79 Å². The van der Waals surface area contributed by atoms with Crippen LogP contribution in [0.3, 0.4) is 0 Å². The Kier molecular flexibility index (Phi) is 7.77. The van der Waals surface area contributed by atoms with Crippen molar-refractivity contribution >= 4 is 12.0 Å². The van der Waals surface area contributed by atoms with Crippen LogP contribution in [0.2, 0.25) is 0 Å². The van der Waals surface area contributed by atoms with Crippen molar-refractivity contribution in [2.24, 2.45) is 0 Å². The average molecular weight is 377 g/mol. The summed E-state index contributed by atoms with van der Waals surface area (Å²) in [6, 6.07) is 5.78. The second kappa shape index (κ2) is 9.82. The predicted molar refractivity (Wildman–Crippen MR) is 104 cm³/mol. The van der Waals surface area contributed by atoms with Gasteiger partial charge >= 0.3 is 12.0 Å². The van der Waals surface area contributed by atoms with E-state index in [0.717, 1.165) is 12.8 Å². The quantitative estimate of drug-likeness (QED) is 0.536. The van der Waals surface area contributed by atoms with Crippen LogP contribution in [0.4, 0.5) is 4.79 Å². The van der Waals surface area contributed by atoms with Gasteiger partial charge in [0, 0.05) is 44.6 Å². The maximum atomic E-state index is 14.3. The molecule has 1 fully saturated rings. The Bertz CT molecular complexity index is 613. The van der Waals surface area contributed by atoms with Crippen LogP contribution in [0.1, 0.15) is 51.1 Å². The Morgan fingerprint density at radius 1 is 1.15 bits per heavy atom. The van der Waals surface area contributed by atoms with Crippen LogP contribution >= 0.6 is 0 Å². The highest BCUT2D eigenvalue weighted by molar-refractivity contribution is 5.79. The summed E-state index contributed by atoms with van der Waals surface area (Å²) in [7, 11) is 0. The van der Waals surface area contributed by atoms with Crippen molar-refractivity contribution in [3.8, 4) is 0 Å². The van der Waals surface area contributed by atoms with Crippen LogP contribution in [-0.4, -0.2) is 58.9 Å². The highest BCUT2D eigenvalue weighted by Crippen LogP contribution is 2.36. The van der Waals surface area contributed by atoms with Gasteiger partial charge in [-0.25, -0.2) is 9.59 Å². The SMILES string of the molecule is CCCC(CCC)[N+]([O-])(C(=O)N1CCNCC1)C(C(=O)O)c1ccccc1. The van der Waals surface area contributed by atoms with Crippen molar-refractivity contribution in [2.45, 2.75) is 51.6 Å². The fraction of sp³-hybridized carbons (Fsp3) is 0.600. The van der Waals surface area contributed by atoms with Crippen molar-refractivity contribution in [2.75, 3.05) is 26.2 Å². The average Bonchev–Trinajstić information content (AvgIpc) is 2.68. The van der Waals surface area contributed by atoms with E-state index in [9.17, 15) is 19.9 Å². The number of carboxylic acid groups (broad SMARTS) is 1. The number of urea groups is 1.